The maximum Gasteiger partial charge on any atom is 0.172 e. The summed E-state index contributed by atoms with van der Waals surface area (Å²) in [5.41, 5.74) is 7.05. The van der Waals surface area contributed by atoms with Gasteiger partial charge in [-0.25, -0.2) is 0 Å². The summed E-state index contributed by atoms with van der Waals surface area (Å²) in [4.78, 5) is 1.99. The SMILES string of the molecule is CCCCN(CCO)c1cc(Cl)ccc1C(N)=NO. The van der Waals surface area contributed by atoms with Gasteiger partial charge in [-0.1, -0.05) is 30.1 Å². The van der Waals surface area contributed by atoms with Gasteiger partial charge in [0.1, 0.15) is 0 Å². The van der Waals surface area contributed by atoms with Crippen LogP contribution in [0.2, 0.25) is 5.02 Å². The lowest BCUT2D eigenvalue weighted by Crippen LogP contribution is -2.30. The Morgan fingerprint density at radius 2 is 2.16 bits per heavy atom. The molecule has 0 unspecified atom stereocenters. The summed E-state index contributed by atoms with van der Waals surface area (Å²) in [5, 5.41) is 21.6. The first kappa shape index (κ1) is 15.6. The predicted molar refractivity (Wildman–Crippen MR) is 78.2 cm³/mol. The van der Waals surface area contributed by atoms with Crippen LogP contribution in [0.25, 0.3) is 0 Å². The zero-order valence-electron chi connectivity index (χ0n) is 11.0. The van der Waals surface area contributed by atoms with Crippen molar-refractivity contribution in [2.75, 3.05) is 24.6 Å². The average molecular weight is 286 g/mol. The van der Waals surface area contributed by atoms with Crippen molar-refractivity contribution in [3.63, 3.8) is 0 Å². The molecule has 0 atom stereocenters. The number of unbranched alkanes of at least 4 members (excludes halogenated alkanes) is 1. The van der Waals surface area contributed by atoms with Crippen molar-refractivity contribution in [3.8, 4) is 0 Å². The van der Waals surface area contributed by atoms with Crippen molar-refractivity contribution < 1.29 is 10.3 Å². The van der Waals surface area contributed by atoms with E-state index in [0.29, 0.717) is 17.1 Å². The predicted octanol–water partition coefficient (Wildman–Crippen LogP) is 2.03. The third-order valence-corrected chi connectivity index (χ3v) is 3.07. The van der Waals surface area contributed by atoms with E-state index in [2.05, 4.69) is 12.1 Å². The van der Waals surface area contributed by atoms with Crippen LogP contribution in [-0.4, -0.2) is 35.8 Å². The van der Waals surface area contributed by atoms with E-state index in [0.717, 1.165) is 25.1 Å². The van der Waals surface area contributed by atoms with Crippen LogP contribution in [0.3, 0.4) is 0 Å². The number of amidine groups is 1. The Morgan fingerprint density at radius 1 is 1.42 bits per heavy atom. The lowest BCUT2D eigenvalue weighted by molar-refractivity contribution is 0.301. The second-order valence-electron chi connectivity index (χ2n) is 4.21. The summed E-state index contributed by atoms with van der Waals surface area (Å²) in [6.07, 6.45) is 2.03. The third kappa shape index (κ3) is 4.29. The molecule has 1 aromatic rings. The van der Waals surface area contributed by atoms with Gasteiger partial charge in [-0.3, -0.25) is 0 Å². The Labute approximate surface area is 118 Å². The van der Waals surface area contributed by atoms with Crippen LogP contribution in [-0.2, 0) is 0 Å². The van der Waals surface area contributed by atoms with E-state index >= 15 is 0 Å². The van der Waals surface area contributed by atoms with Crippen molar-refractivity contribution >= 4 is 23.1 Å². The summed E-state index contributed by atoms with van der Waals surface area (Å²) in [7, 11) is 0. The molecule has 0 saturated heterocycles. The fraction of sp³-hybridized carbons (Fsp3) is 0.462. The van der Waals surface area contributed by atoms with E-state index in [1.54, 1.807) is 18.2 Å². The number of nitrogens with zero attached hydrogens (tertiary/aromatic N) is 2. The number of nitrogens with two attached hydrogens (primary N) is 1. The summed E-state index contributed by atoms with van der Waals surface area (Å²) in [5.74, 6) is 0.0334. The zero-order chi connectivity index (χ0) is 14.3. The number of oxime groups is 1. The van der Waals surface area contributed by atoms with Gasteiger partial charge in [0.15, 0.2) is 5.84 Å². The van der Waals surface area contributed by atoms with Gasteiger partial charge in [0.2, 0.25) is 0 Å². The normalized spacial score (nSPS) is 11.6. The standard InChI is InChI=1S/C13H20ClN3O2/c1-2-3-6-17(7-8-18)12-9-10(14)4-5-11(12)13(15)16-19/h4-5,9,18-19H,2-3,6-8H2,1H3,(H2,15,16). The first-order valence-electron chi connectivity index (χ1n) is 6.27. The van der Waals surface area contributed by atoms with Crippen molar-refractivity contribution in [3.05, 3.63) is 28.8 Å². The molecule has 4 N–H and O–H groups in total. The Hall–Kier alpha value is -1.46. The van der Waals surface area contributed by atoms with E-state index in [1.165, 1.54) is 0 Å². The van der Waals surface area contributed by atoms with Gasteiger partial charge in [-0.15, -0.1) is 0 Å². The number of aliphatic hydroxyl groups excluding tert-OH is 1. The number of rotatable bonds is 7. The van der Waals surface area contributed by atoms with E-state index < -0.39 is 0 Å². The van der Waals surface area contributed by atoms with Crippen molar-refractivity contribution in [2.45, 2.75) is 19.8 Å². The maximum absolute atomic E-state index is 9.17. The molecule has 0 aromatic heterocycles. The number of anilines is 1. The number of hydrogen-bond donors (Lipinski definition) is 3. The molecule has 6 heteroatoms. The first-order valence-corrected chi connectivity index (χ1v) is 6.65. The summed E-state index contributed by atoms with van der Waals surface area (Å²) in [6, 6.07) is 5.17. The molecule has 1 aromatic carbocycles. The molecule has 0 spiro atoms. The molecule has 0 aliphatic rings. The second-order valence-corrected chi connectivity index (χ2v) is 4.65. The van der Waals surface area contributed by atoms with Crippen LogP contribution in [0.4, 0.5) is 5.69 Å². The Bertz CT molecular complexity index is 438. The minimum absolute atomic E-state index is 0.0334. The van der Waals surface area contributed by atoms with Crippen LogP contribution < -0.4 is 10.6 Å². The van der Waals surface area contributed by atoms with Crippen molar-refractivity contribution in [2.24, 2.45) is 10.9 Å². The van der Waals surface area contributed by atoms with Crippen LogP contribution >= 0.6 is 11.6 Å². The van der Waals surface area contributed by atoms with Gasteiger partial charge in [0.25, 0.3) is 0 Å². The van der Waals surface area contributed by atoms with Gasteiger partial charge in [-0.05, 0) is 24.6 Å². The van der Waals surface area contributed by atoms with E-state index in [9.17, 15) is 0 Å². The topological polar surface area (TPSA) is 82.1 Å². The highest BCUT2D eigenvalue weighted by molar-refractivity contribution is 6.31. The highest BCUT2D eigenvalue weighted by Crippen LogP contribution is 2.25. The maximum atomic E-state index is 9.17. The molecule has 0 fully saturated rings. The number of aliphatic hydroxyl groups is 1. The third-order valence-electron chi connectivity index (χ3n) is 2.84. The molecule has 0 aliphatic carbocycles. The fourth-order valence-corrected chi connectivity index (χ4v) is 2.03. The van der Waals surface area contributed by atoms with E-state index in [-0.39, 0.29) is 12.4 Å². The summed E-state index contributed by atoms with van der Waals surface area (Å²) >= 11 is 6.01. The lowest BCUT2D eigenvalue weighted by Gasteiger charge is -2.26. The molecular formula is C13H20ClN3O2. The minimum Gasteiger partial charge on any atom is -0.409 e. The van der Waals surface area contributed by atoms with Crippen LogP contribution in [0.15, 0.2) is 23.4 Å². The van der Waals surface area contributed by atoms with Crippen LogP contribution in [0.5, 0.6) is 0 Å². The Kier molecular flexibility index (Phi) is 6.45. The van der Waals surface area contributed by atoms with E-state index in [4.69, 9.17) is 27.6 Å². The molecule has 0 heterocycles. The zero-order valence-corrected chi connectivity index (χ0v) is 11.8. The van der Waals surface area contributed by atoms with Gasteiger partial charge < -0.3 is 20.9 Å². The van der Waals surface area contributed by atoms with Crippen molar-refractivity contribution in [1.82, 2.24) is 0 Å². The van der Waals surface area contributed by atoms with Crippen LogP contribution in [0, 0.1) is 0 Å². The first-order chi connectivity index (χ1) is 9.13. The summed E-state index contributed by atoms with van der Waals surface area (Å²) < 4.78 is 0. The highest BCUT2D eigenvalue weighted by Gasteiger charge is 2.14. The molecule has 1 rings (SSSR count). The van der Waals surface area contributed by atoms with E-state index in [1.807, 2.05) is 4.90 Å². The molecule has 0 bridgehead atoms. The molecule has 0 aliphatic heterocycles. The number of hydrogen-bond acceptors (Lipinski definition) is 4. The van der Waals surface area contributed by atoms with Gasteiger partial charge >= 0.3 is 0 Å². The quantitative estimate of drug-likeness (QED) is 0.310. The fourth-order valence-electron chi connectivity index (χ4n) is 1.86. The number of halogens is 1. The average Bonchev–Trinajstić information content (AvgIpc) is 2.42. The molecule has 19 heavy (non-hydrogen) atoms. The largest absolute Gasteiger partial charge is 0.409 e. The highest BCUT2D eigenvalue weighted by atomic mass is 35.5. The summed E-state index contributed by atoms with van der Waals surface area (Å²) in [6.45, 7) is 3.39. The molecule has 106 valence electrons. The Morgan fingerprint density at radius 3 is 2.74 bits per heavy atom. The molecular weight excluding hydrogens is 266 g/mol. The molecule has 5 nitrogen and oxygen atoms in total. The Balaban J connectivity index is 3.14. The second kappa shape index (κ2) is 7.86. The molecule has 0 saturated carbocycles. The monoisotopic (exact) mass is 285 g/mol. The molecule has 0 amide bonds. The van der Waals surface area contributed by atoms with Gasteiger partial charge in [0, 0.05) is 29.4 Å². The smallest absolute Gasteiger partial charge is 0.172 e. The minimum atomic E-state index is 0.0334. The molecule has 0 radical (unpaired) electrons. The van der Waals surface area contributed by atoms with Gasteiger partial charge in [0.05, 0.1) is 6.61 Å². The lowest BCUT2D eigenvalue weighted by atomic mass is 10.1. The van der Waals surface area contributed by atoms with Gasteiger partial charge in [-0.2, -0.15) is 0 Å². The number of benzene rings is 1. The van der Waals surface area contributed by atoms with Crippen molar-refractivity contribution in [1.29, 1.82) is 0 Å². The van der Waals surface area contributed by atoms with Crippen LogP contribution in [0.1, 0.15) is 25.3 Å².